The van der Waals surface area contributed by atoms with Crippen molar-refractivity contribution in [2.75, 3.05) is 0 Å². The second-order valence-electron chi connectivity index (χ2n) is 6.04. The van der Waals surface area contributed by atoms with Crippen LogP contribution >= 0.6 is 0 Å². The number of rotatable bonds is 6. The molecule has 3 rings (SSSR count). The van der Waals surface area contributed by atoms with Gasteiger partial charge in [0, 0.05) is 11.6 Å². The number of carbonyl (C=O) groups is 2. The van der Waals surface area contributed by atoms with E-state index in [0.29, 0.717) is 0 Å². The fourth-order valence-corrected chi connectivity index (χ4v) is 2.76. The summed E-state index contributed by atoms with van der Waals surface area (Å²) in [5.41, 5.74) is -0.847. The third kappa shape index (κ3) is 4.37. The molecule has 0 fully saturated rings. The second kappa shape index (κ2) is 8.05. The number of carboxylic acids is 1. The van der Waals surface area contributed by atoms with Crippen LogP contribution in [0.1, 0.15) is 28.5 Å². The smallest absolute Gasteiger partial charge is 0.305 e. The summed E-state index contributed by atoms with van der Waals surface area (Å²) in [6, 6.07) is 7.45. The maximum absolute atomic E-state index is 14.1. The molecular weight excluding hydrogens is 391 g/mol. The molecule has 0 bridgehead atoms. The number of benzene rings is 2. The summed E-state index contributed by atoms with van der Waals surface area (Å²) in [5.74, 6) is -5.52. The maximum Gasteiger partial charge on any atom is 0.305 e. The van der Waals surface area contributed by atoms with Crippen molar-refractivity contribution < 1.29 is 33.0 Å². The lowest BCUT2D eigenvalue weighted by atomic mass is 10.0. The van der Waals surface area contributed by atoms with Crippen molar-refractivity contribution in [2.45, 2.75) is 12.5 Å². The molecule has 1 aromatic heterocycles. The van der Waals surface area contributed by atoms with E-state index in [2.05, 4.69) is 10.4 Å². The minimum Gasteiger partial charge on any atom is -0.493 e. The summed E-state index contributed by atoms with van der Waals surface area (Å²) in [5, 5.41) is 25.1. The first-order chi connectivity index (χ1) is 13.8. The number of aliphatic carboxylic acids is 1. The van der Waals surface area contributed by atoms with Crippen LogP contribution in [0.2, 0.25) is 0 Å². The Bertz CT molecular complexity index is 1060. The van der Waals surface area contributed by atoms with Crippen LogP contribution in [0, 0.1) is 17.5 Å². The van der Waals surface area contributed by atoms with Gasteiger partial charge < -0.3 is 15.5 Å². The monoisotopic (exact) mass is 405 g/mol. The molecule has 0 unspecified atom stereocenters. The zero-order chi connectivity index (χ0) is 21.1. The van der Waals surface area contributed by atoms with Crippen LogP contribution in [0.4, 0.5) is 13.2 Å². The van der Waals surface area contributed by atoms with E-state index in [4.69, 9.17) is 5.11 Å². The van der Waals surface area contributed by atoms with Crippen LogP contribution in [0.15, 0.2) is 48.5 Å². The summed E-state index contributed by atoms with van der Waals surface area (Å²) in [6.45, 7) is 0. The first-order valence-corrected chi connectivity index (χ1v) is 8.28. The largest absolute Gasteiger partial charge is 0.493 e. The van der Waals surface area contributed by atoms with Gasteiger partial charge >= 0.3 is 5.97 Å². The Morgan fingerprint density at radius 3 is 2.34 bits per heavy atom. The van der Waals surface area contributed by atoms with Gasteiger partial charge in [0.05, 0.1) is 18.2 Å². The number of aromatic hydroxyl groups is 1. The fourth-order valence-electron chi connectivity index (χ4n) is 2.76. The average molecular weight is 405 g/mol. The van der Waals surface area contributed by atoms with E-state index in [1.807, 2.05) is 0 Å². The second-order valence-corrected chi connectivity index (χ2v) is 6.04. The van der Waals surface area contributed by atoms with Gasteiger partial charge in [-0.3, -0.25) is 9.59 Å². The Morgan fingerprint density at radius 1 is 1.07 bits per heavy atom. The fraction of sp³-hybridized carbons (Fsp3) is 0.105. The molecule has 150 valence electrons. The molecule has 10 heteroatoms. The van der Waals surface area contributed by atoms with Crippen LogP contribution < -0.4 is 5.32 Å². The van der Waals surface area contributed by atoms with Crippen molar-refractivity contribution in [1.29, 1.82) is 0 Å². The van der Waals surface area contributed by atoms with E-state index >= 15 is 0 Å². The van der Waals surface area contributed by atoms with Gasteiger partial charge in [0.2, 0.25) is 5.88 Å². The van der Waals surface area contributed by atoms with E-state index in [9.17, 15) is 27.9 Å². The lowest BCUT2D eigenvalue weighted by Crippen LogP contribution is -2.31. The molecular formula is C19H14F3N3O4. The normalized spacial score (nSPS) is 11.8. The van der Waals surface area contributed by atoms with Gasteiger partial charge in [-0.2, -0.15) is 5.10 Å². The molecule has 0 aliphatic carbocycles. The first-order valence-electron chi connectivity index (χ1n) is 8.28. The molecule has 3 aromatic rings. The number of aromatic nitrogens is 2. The Kier molecular flexibility index (Phi) is 5.53. The van der Waals surface area contributed by atoms with E-state index in [0.717, 1.165) is 35.0 Å². The van der Waals surface area contributed by atoms with Crippen LogP contribution in [-0.4, -0.2) is 31.9 Å². The van der Waals surface area contributed by atoms with Crippen LogP contribution in [0.5, 0.6) is 5.88 Å². The van der Waals surface area contributed by atoms with Gasteiger partial charge in [-0.25, -0.2) is 17.9 Å². The average Bonchev–Trinajstić information content (AvgIpc) is 3.03. The van der Waals surface area contributed by atoms with E-state index in [1.54, 1.807) is 0 Å². The van der Waals surface area contributed by atoms with Gasteiger partial charge in [0.25, 0.3) is 5.91 Å². The van der Waals surface area contributed by atoms with E-state index in [1.165, 1.54) is 18.2 Å². The number of hydrogen-bond acceptors (Lipinski definition) is 4. The summed E-state index contributed by atoms with van der Waals surface area (Å²) in [7, 11) is 0. The van der Waals surface area contributed by atoms with Crippen LogP contribution in [0.3, 0.4) is 0 Å². The van der Waals surface area contributed by atoms with E-state index < -0.39 is 53.2 Å². The highest BCUT2D eigenvalue weighted by atomic mass is 19.1. The summed E-state index contributed by atoms with van der Waals surface area (Å²) in [4.78, 5) is 23.6. The molecule has 7 nitrogen and oxygen atoms in total. The third-order valence-electron chi connectivity index (χ3n) is 4.01. The van der Waals surface area contributed by atoms with Gasteiger partial charge in [-0.1, -0.05) is 12.1 Å². The molecule has 29 heavy (non-hydrogen) atoms. The molecule has 2 aromatic carbocycles. The summed E-state index contributed by atoms with van der Waals surface area (Å²) < 4.78 is 42.4. The molecule has 3 N–H and O–H groups in total. The molecule has 0 radical (unpaired) electrons. The van der Waals surface area contributed by atoms with Crippen LogP contribution in [-0.2, 0) is 4.79 Å². The van der Waals surface area contributed by atoms with Gasteiger partial charge in [0.15, 0.2) is 5.69 Å². The summed E-state index contributed by atoms with van der Waals surface area (Å²) in [6.07, 6.45) is -0.791. The maximum atomic E-state index is 14.1. The number of nitrogens with zero attached hydrogens (tertiary/aromatic N) is 2. The van der Waals surface area contributed by atoms with Crippen molar-refractivity contribution in [2.24, 2.45) is 0 Å². The van der Waals surface area contributed by atoms with E-state index in [-0.39, 0.29) is 11.4 Å². The van der Waals surface area contributed by atoms with Gasteiger partial charge in [-0.15, -0.1) is 0 Å². The highest BCUT2D eigenvalue weighted by Gasteiger charge is 2.26. The van der Waals surface area contributed by atoms with Gasteiger partial charge in [-0.05, 0) is 30.3 Å². The predicted molar refractivity (Wildman–Crippen MR) is 94.0 cm³/mol. The third-order valence-corrected chi connectivity index (χ3v) is 4.01. The quantitative estimate of drug-likeness (QED) is 0.585. The number of nitrogens with one attached hydrogen (secondary N) is 1. The Labute approximate surface area is 162 Å². The number of carbonyl (C=O) groups excluding carboxylic acids is 1. The lowest BCUT2D eigenvalue weighted by molar-refractivity contribution is -0.137. The minimum atomic E-state index is -1.53. The Hall–Kier alpha value is -3.82. The highest BCUT2D eigenvalue weighted by molar-refractivity contribution is 5.93. The van der Waals surface area contributed by atoms with Gasteiger partial charge in [0.1, 0.15) is 17.5 Å². The molecule has 1 heterocycles. The van der Waals surface area contributed by atoms with Crippen molar-refractivity contribution in [3.63, 3.8) is 0 Å². The molecule has 1 amide bonds. The lowest BCUT2D eigenvalue weighted by Gasteiger charge is -2.18. The molecule has 0 aliphatic rings. The van der Waals surface area contributed by atoms with Crippen molar-refractivity contribution in [3.05, 3.63) is 77.2 Å². The molecule has 0 spiro atoms. The SMILES string of the molecule is O=C(O)C[C@H](NC(=O)c1cc(O)n(-c2cccc(F)c2)n1)c1c(F)cccc1F. The summed E-state index contributed by atoms with van der Waals surface area (Å²) >= 11 is 0. The highest BCUT2D eigenvalue weighted by Crippen LogP contribution is 2.25. The molecule has 0 aliphatic heterocycles. The Morgan fingerprint density at radius 2 is 1.72 bits per heavy atom. The molecule has 1 atom stereocenters. The number of amides is 1. The number of hydrogen-bond donors (Lipinski definition) is 3. The van der Waals surface area contributed by atoms with Crippen molar-refractivity contribution >= 4 is 11.9 Å². The zero-order valence-electron chi connectivity index (χ0n) is 14.6. The zero-order valence-corrected chi connectivity index (χ0v) is 14.6. The number of halogens is 3. The first kappa shape index (κ1) is 19.9. The predicted octanol–water partition coefficient (Wildman–Crippen LogP) is 2.94. The van der Waals surface area contributed by atoms with Crippen LogP contribution in [0.25, 0.3) is 5.69 Å². The molecule has 0 saturated heterocycles. The van der Waals surface area contributed by atoms with Crippen molar-refractivity contribution in [1.82, 2.24) is 15.1 Å². The van der Waals surface area contributed by atoms with Crippen molar-refractivity contribution in [3.8, 4) is 11.6 Å². The minimum absolute atomic E-state index is 0.129. The topological polar surface area (TPSA) is 104 Å². The standard InChI is InChI=1S/C19H14F3N3O4/c20-10-3-1-4-11(7-10)25-16(26)8-15(24-25)19(29)23-14(9-17(27)28)18-12(21)5-2-6-13(18)22/h1-8,14,26H,9H2,(H,23,29)(H,27,28)/t14-/m0/s1. The number of carboxylic acid groups (broad SMARTS) is 1. The Balaban J connectivity index is 1.91. The molecule has 0 saturated carbocycles.